The lowest BCUT2D eigenvalue weighted by atomic mass is 9.86. The number of nitrogens with two attached hydrogens (primary N) is 1. The molecule has 1 aromatic rings. The first-order valence-electron chi connectivity index (χ1n) is 14.0. The zero-order chi connectivity index (χ0) is 31.2. The van der Waals surface area contributed by atoms with E-state index in [2.05, 4.69) is 0 Å². The highest BCUT2D eigenvalue weighted by atomic mass is 16.8. The van der Waals surface area contributed by atoms with Gasteiger partial charge in [-0.05, 0) is 64.7 Å². The molecule has 0 heterocycles. The highest BCUT2D eigenvalue weighted by Crippen LogP contribution is 2.32. The van der Waals surface area contributed by atoms with Gasteiger partial charge in [-0.2, -0.15) is 0 Å². The Hall–Kier alpha value is -3.54. The van der Waals surface area contributed by atoms with Crippen molar-refractivity contribution in [2.75, 3.05) is 0 Å². The summed E-state index contributed by atoms with van der Waals surface area (Å²) in [7, 11) is 0. The van der Waals surface area contributed by atoms with Crippen molar-refractivity contribution >= 4 is 24.4 Å². The van der Waals surface area contributed by atoms with Crippen molar-refractivity contribution in [3.63, 3.8) is 0 Å². The zero-order valence-corrected chi connectivity index (χ0v) is 25.1. The maximum atomic E-state index is 12.5. The molecule has 3 N–H and O–H groups in total. The third-order valence-electron chi connectivity index (χ3n) is 6.15. The molecule has 0 saturated heterocycles. The lowest BCUT2D eigenvalue weighted by molar-refractivity contribution is -0.144. The predicted molar refractivity (Wildman–Crippen MR) is 149 cm³/mol. The smallest absolute Gasteiger partial charge is 0.480 e. The number of hydrogen-bond donors (Lipinski definition) is 2. The van der Waals surface area contributed by atoms with E-state index in [4.69, 9.17) is 34.2 Å². The van der Waals surface area contributed by atoms with Gasteiger partial charge in [-0.3, -0.25) is 4.79 Å². The molecule has 4 unspecified atom stereocenters. The summed E-state index contributed by atoms with van der Waals surface area (Å²) in [6, 6.07) is 4.14. The normalized spacial score (nSPS) is 15.3. The van der Waals surface area contributed by atoms with Crippen LogP contribution < -0.4 is 15.2 Å². The molecule has 0 aliphatic carbocycles. The van der Waals surface area contributed by atoms with E-state index in [0.29, 0.717) is 24.8 Å². The Balaban J connectivity index is 3.18. The van der Waals surface area contributed by atoms with Crippen LogP contribution in [-0.2, 0) is 30.2 Å². The molecule has 1 aromatic carbocycles. The van der Waals surface area contributed by atoms with Crippen molar-refractivity contribution in [2.45, 2.75) is 123 Å². The minimum absolute atomic E-state index is 0.134. The van der Waals surface area contributed by atoms with Crippen LogP contribution >= 0.6 is 0 Å². The van der Waals surface area contributed by atoms with Gasteiger partial charge in [0.2, 0.25) is 0 Å². The van der Waals surface area contributed by atoms with Crippen LogP contribution in [0.1, 0.15) is 92.6 Å². The Bertz CT molecular complexity index is 1010. The summed E-state index contributed by atoms with van der Waals surface area (Å²) in [5.74, 6) is -1.66. The molecule has 0 radical (unpaired) electrons. The van der Waals surface area contributed by atoms with Gasteiger partial charge in [0.05, 0.1) is 0 Å². The van der Waals surface area contributed by atoms with Gasteiger partial charge in [0, 0.05) is 12.8 Å². The molecule has 12 heteroatoms. The molecular weight excluding hydrogens is 538 g/mol. The van der Waals surface area contributed by atoms with Crippen LogP contribution in [0.4, 0.5) is 14.4 Å². The average Bonchev–Trinajstić information content (AvgIpc) is 2.85. The van der Waals surface area contributed by atoms with E-state index in [1.807, 2.05) is 20.8 Å². The molecule has 0 aliphatic rings. The molecule has 41 heavy (non-hydrogen) atoms. The Morgan fingerprint density at radius 3 is 1.73 bits per heavy atom. The number of benzene rings is 1. The summed E-state index contributed by atoms with van der Waals surface area (Å²) in [6.45, 7) is 12.4. The summed E-state index contributed by atoms with van der Waals surface area (Å²) in [5, 5.41) is 9.94. The van der Waals surface area contributed by atoms with E-state index < -0.39 is 48.3 Å². The highest BCUT2D eigenvalue weighted by molar-refractivity contribution is 5.79. The number of aliphatic carboxylic acids is 1. The Kier molecular flexibility index (Phi) is 15.0. The highest BCUT2D eigenvalue weighted by Gasteiger charge is 2.37. The molecule has 5 atom stereocenters. The van der Waals surface area contributed by atoms with Gasteiger partial charge < -0.3 is 39.3 Å². The molecule has 0 bridgehead atoms. The largest absolute Gasteiger partial charge is 0.514 e. The third-order valence-corrected chi connectivity index (χ3v) is 6.15. The van der Waals surface area contributed by atoms with Crippen LogP contribution in [0, 0.1) is 0 Å². The third kappa shape index (κ3) is 13.1. The maximum absolute atomic E-state index is 12.5. The van der Waals surface area contributed by atoms with Gasteiger partial charge in [0.15, 0.2) is 11.5 Å². The number of hydrogen-bond acceptors (Lipinski definition) is 11. The van der Waals surface area contributed by atoms with Gasteiger partial charge in [0.1, 0.15) is 30.0 Å². The molecule has 232 valence electrons. The number of carbonyl (C=O) groups excluding carboxylic acids is 3. The van der Waals surface area contributed by atoms with Crippen molar-refractivity contribution in [1.29, 1.82) is 0 Å². The van der Waals surface area contributed by atoms with Crippen LogP contribution in [0.15, 0.2) is 18.2 Å². The number of ether oxygens (including phenoxy) is 6. The van der Waals surface area contributed by atoms with E-state index in [1.165, 1.54) is 25.1 Å². The number of rotatable bonds is 16. The van der Waals surface area contributed by atoms with Crippen LogP contribution in [0.25, 0.3) is 0 Å². The fourth-order valence-electron chi connectivity index (χ4n) is 3.91. The summed E-state index contributed by atoms with van der Waals surface area (Å²) in [4.78, 5) is 49.0. The minimum atomic E-state index is -1.87. The van der Waals surface area contributed by atoms with E-state index in [-0.39, 0.29) is 30.4 Å². The molecule has 0 aromatic heterocycles. The molecule has 0 fully saturated rings. The van der Waals surface area contributed by atoms with Crippen molar-refractivity contribution in [2.24, 2.45) is 5.73 Å². The second kappa shape index (κ2) is 17.3. The van der Waals surface area contributed by atoms with E-state index in [1.54, 1.807) is 20.8 Å². The zero-order valence-electron chi connectivity index (χ0n) is 25.1. The lowest BCUT2D eigenvalue weighted by Crippen LogP contribution is -2.52. The van der Waals surface area contributed by atoms with Crippen molar-refractivity contribution in [1.82, 2.24) is 0 Å². The summed E-state index contributed by atoms with van der Waals surface area (Å²) >= 11 is 0. The second-order valence-electron chi connectivity index (χ2n) is 10.3. The van der Waals surface area contributed by atoms with Crippen molar-refractivity contribution in [3.05, 3.63) is 23.8 Å². The molecule has 12 nitrogen and oxygen atoms in total. The van der Waals surface area contributed by atoms with E-state index in [0.717, 1.165) is 12.8 Å². The Morgan fingerprint density at radius 1 is 0.756 bits per heavy atom. The van der Waals surface area contributed by atoms with E-state index >= 15 is 0 Å². The summed E-state index contributed by atoms with van der Waals surface area (Å²) in [6.07, 6.45) is -2.09. The lowest BCUT2D eigenvalue weighted by Gasteiger charge is -2.28. The monoisotopic (exact) mass is 583 g/mol. The average molecular weight is 584 g/mol. The van der Waals surface area contributed by atoms with Crippen molar-refractivity contribution < 1.29 is 52.7 Å². The van der Waals surface area contributed by atoms with Gasteiger partial charge in [-0.25, -0.2) is 14.4 Å². The molecular formula is C29H45NO11. The van der Waals surface area contributed by atoms with Gasteiger partial charge in [0.25, 0.3) is 0 Å². The maximum Gasteiger partial charge on any atom is 0.514 e. The molecule has 0 spiro atoms. The first kappa shape index (κ1) is 35.5. The molecule has 1 rings (SSSR count). The fourth-order valence-corrected chi connectivity index (χ4v) is 3.91. The summed E-state index contributed by atoms with van der Waals surface area (Å²) < 4.78 is 31.4. The van der Waals surface area contributed by atoms with E-state index in [9.17, 15) is 24.3 Å². The van der Waals surface area contributed by atoms with Crippen LogP contribution in [0.2, 0.25) is 0 Å². The SMILES string of the molecule is CCCC(C)OC(=O)Oc1ccc(CC(N)(C[C@H](C)OC(=O)OC(C)CC)C(=O)O)cc1OC(=O)OC(C)CCC. The fraction of sp³-hybridized carbons (Fsp3) is 0.655. The Labute approximate surface area is 241 Å². The number of carboxylic acids is 1. The first-order valence-corrected chi connectivity index (χ1v) is 14.0. The summed E-state index contributed by atoms with van der Waals surface area (Å²) in [5.41, 5.74) is 4.73. The van der Waals surface area contributed by atoms with Crippen LogP contribution in [0.5, 0.6) is 11.5 Å². The minimum Gasteiger partial charge on any atom is -0.480 e. The van der Waals surface area contributed by atoms with Crippen LogP contribution in [0.3, 0.4) is 0 Å². The molecule has 0 aliphatic heterocycles. The topological polar surface area (TPSA) is 170 Å². The quantitative estimate of drug-likeness (QED) is 0.129. The number of carboxylic acid groups (broad SMARTS) is 1. The van der Waals surface area contributed by atoms with Gasteiger partial charge >= 0.3 is 24.4 Å². The van der Waals surface area contributed by atoms with Crippen LogP contribution in [-0.4, -0.2) is 59.5 Å². The standard InChI is InChI=1S/C29H45NO11/c1-8-11-19(5)37-27(34)40-23-14-13-22(15-24(23)41-28(35)38-20(6)12-9-2)17-29(30,25(31)32)16-21(7)39-26(33)36-18(4)10-3/h13-15,18-21H,8-12,16-17,30H2,1-7H3,(H,31,32)/t18?,19?,20?,21-,29?/m0/s1. The first-order chi connectivity index (χ1) is 19.2. The molecule has 0 amide bonds. The van der Waals surface area contributed by atoms with Gasteiger partial charge in [-0.1, -0.05) is 39.7 Å². The number of carbonyl (C=O) groups is 4. The predicted octanol–water partition coefficient (Wildman–Crippen LogP) is 6.15. The second-order valence-corrected chi connectivity index (χ2v) is 10.3. The molecule has 0 saturated carbocycles. The Morgan fingerprint density at radius 2 is 1.24 bits per heavy atom. The van der Waals surface area contributed by atoms with Crippen molar-refractivity contribution in [3.8, 4) is 11.5 Å². The van der Waals surface area contributed by atoms with Gasteiger partial charge in [-0.15, -0.1) is 0 Å².